The van der Waals surface area contributed by atoms with Gasteiger partial charge >= 0.3 is 0 Å². The Morgan fingerprint density at radius 3 is 2.83 bits per heavy atom. The van der Waals surface area contributed by atoms with Crippen molar-refractivity contribution < 1.29 is 0 Å². The Bertz CT molecular complexity index is 499. The smallest absolute Gasteiger partial charge is 0.0542 e. The van der Waals surface area contributed by atoms with E-state index in [2.05, 4.69) is 70.5 Å². The summed E-state index contributed by atoms with van der Waals surface area (Å²) >= 11 is 10.3. The van der Waals surface area contributed by atoms with E-state index in [0.29, 0.717) is 6.04 Å². The van der Waals surface area contributed by atoms with E-state index in [4.69, 9.17) is 11.6 Å². The molecule has 18 heavy (non-hydrogen) atoms. The van der Waals surface area contributed by atoms with Crippen LogP contribution < -0.4 is 5.32 Å². The predicted octanol–water partition coefficient (Wildman–Crippen LogP) is 4.90. The van der Waals surface area contributed by atoms with Crippen LogP contribution in [0.5, 0.6) is 0 Å². The van der Waals surface area contributed by atoms with Crippen molar-refractivity contribution in [3.8, 4) is 0 Å². The monoisotopic (exact) mass is 391 g/mol. The molecular weight excluding hydrogens is 377 g/mol. The normalized spacial score (nSPS) is 12.6. The predicted molar refractivity (Wildman–Crippen MR) is 88.6 cm³/mol. The zero-order valence-corrected chi connectivity index (χ0v) is 13.8. The minimum atomic E-state index is 0.336. The first-order valence-corrected chi connectivity index (χ1v) is 8.25. The van der Waals surface area contributed by atoms with Crippen molar-refractivity contribution in [2.75, 3.05) is 6.54 Å². The van der Waals surface area contributed by atoms with Crippen LogP contribution in [0.25, 0.3) is 0 Å². The van der Waals surface area contributed by atoms with Crippen LogP contribution in [0, 0.1) is 3.57 Å². The van der Waals surface area contributed by atoms with Gasteiger partial charge in [0.2, 0.25) is 0 Å². The van der Waals surface area contributed by atoms with Gasteiger partial charge in [-0.2, -0.15) is 0 Å². The van der Waals surface area contributed by atoms with Crippen LogP contribution in [0.4, 0.5) is 0 Å². The number of hydrogen-bond acceptors (Lipinski definition) is 2. The highest BCUT2D eigenvalue weighted by Gasteiger charge is 2.13. The van der Waals surface area contributed by atoms with Crippen LogP contribution in [0.15, 0.2) is 35.7 Å². The minimum Gasteiger partial charge on any atom is -0.310 e. The highest BCUT2D eigenvalue weighted by Crippen LogP contribution is 2.26. The highest BCUT2D eigenvalue weighted by atomic mass is 127. The Morgan fingerprint density at radius 1 is 1.39 bits per heavy atom. The average molecular weight is 392 g/mol. The van der Waals surface area contributed by atoms with E-state index in [1.165, 1.54) is 10.4 Å². The summed E-state index contributed by atoms with van der Waals surface area (Å²) in [7, 11) is 0. The van der Waals surface area contributed by atoms with Gasteiger partial charge in [-0.3, -0.25) is 0 Å². The number of hydrogen-bond donors (Lipinski definition) is 1. The van der Waals surface area contributed by atoms with E-state index < -0.39 is 0 Å². The second-order valence-electron chi connectivity index (χ2n) is 4.07. The fraction of sp³-hybridized carbons (Fsp3) is 0.286. The van der Waals surface area contributed by atoms with Gasteiger partial charge in [-0.15, -0.1) is 11.3 Å². The number of likely N-dealkylation sites (N-methyl/N-ethyl adjacent to an activating group) is 1. The molecule has 0 saturated heterocycles. The molecule has 1 N–H and O–H groups in total. The molecule has 1 atom stereocenters. The van der Waals surface area contributed by atoms with E-state index in [0.717, 1.165) is 21.6 Å². The van der Waals surface area contributed by atoms with Crippen molar-refractivity contribution in [3.63, 3.8) is 0 Å². The van der Waals surface area contributed by atoms with Crippen LogP contribution >= 0.6 is 45.5 Å². The van der Waals surface area contributed by atoms with E-state index >= 15 is 0 Å². The molecule has 0 amide bonds. The molecule has 1 aromatic carbocycles. The molecule has 1 nitrogen and oxygen atoms in total. The topological polar surface area (TPSA) is 12.0 Å². The third-order valence-electron chi connectivity index (χ3n) is 2.78. The maximum atomic E-state index is 6.21. The Kier molecular flexibility index (Phi) is 5.48. The Balaban J connectivity index is 2.20. The van der Waals surface area contributed by atoms with E-state index in [-0.39, 0.29) is 0 Å². The van der Waals surface area contributed by atoms with Crippen molar-refractivity contribution in [1.82, 2.24) is 5.32 Å². The first-order valence-electron chi connectivity index (χ1n) is 5.91. The van der Waals surface area contributed by atoms with Gasteiger partial charge in [0.25, 0.3) is 0 Å². The van der Waals surface area contributed by atoms with E-state index in [9.17, 15) is 0 Å². The molecule has 1 aromatic heterocycles. The second-order valence-corrected chi connectivity index (χ2v) is 6.67. The van der Waals surface area contributed by atoms with Crippen LogP contribution in [0.1, 0.15) is 23.4 Å². The van der Waals surface area contributed by atoms with Crippen molar-refractivity contribution in [2.24, 2.45) is 0 Å². The van der Waals surface area contributed by atoms with Gasteiger partial charge in [0, 0.05) is 20.9 Å². The van der Waals surface area contributed by atoms with Gasteiger partial charge in [0.1, 0.15) is 0 Å². The molecule has 0 saturated carbocycles. The maximum Gasteiger partial charge on any atom is 0.0542 e. The first-order chi connectivity index (χ1) is 8.70. The Hall–Kier alpha value is -0.100. The number of halogens is 2. The molecule has 0 fully saturated rings. The fourth-order valence-electron chi connectivity index (χ4n) is 1.91. The fourth-order valence-corrected chi connectivity index (χ4v) is 3.19. The molecule has 0 radical (unpaired) electrons. The average Bonchev–Trinajstić information content (AvgIpc) is 2.85. The zero-order chi connectivity index (χ0) is 13.0. The summed E-state index contributed by atoms with van der Waals surface area (Å²) in [5, 5.41) is 6.49. The summed E-state index contributed by atoms with van der Waals surface area (Å²) in [6.45, 7) is 3.09. The van der Waals surface area contributed by atoms with E-state index in [1.54, 1.807) is 11.3 Å². The largest absolute Gasteiger partial charge is 0.310 e. The second kappa shape index (κ2) is 6.89. The SMILES string of the molecule is CCNC(Cc1cccs1)c1ccc(I)c(Cl)c1. The first kappa shape index (κ1) is 14.3. The lowest BCUT2D eigenvalue weighted by Crippen LogP contribution is -2.22. The lowest BCUT2D eigenvalue weighted by atomic mass is 10.0. The van der Waals surface area contributed by atoms with Gasteiger partial charge in [-0.25, -0.2) is 0 Å². The molecule has 96 valence electrons. The van der Waals surface area contributed by atoms with Crippen LogP contribution in [0.3, 0.4) is 0 Å². The molecule has 1 unspecified atom stereocenters. The Morgan fingerprint density at radius 2 is 2.22 bits per heavy atom. The van der Waals surface area contributed by atoms with E-state index in [1.807, 2.05) is 0 Å². The number of rotatable bonds is 5. The summed E-state index contributed by atoms with van der Waals surface area (Å²) in [5.41, 5.74) is 1.26. The maximum absolute atomic E-state index is 6.21. The standard InChI is InChI=1S/C14H15ClINS/c1-2-17-14(9-11-4-3-7-18-11)10-5-6-13(16)12(15)8-10/h3-8,14,17H,2,9H2,1H3. The lowest BCUT2D eigenvalue weighted by Gasteiger charge is -2.18. The third-order valence-corrected chi connectivity index (χ3v) is 5.25. The molecule has 1 heterocycles. The lowest BCUT2D eigenvalue weighted by molar-refractivity contribution is 0.553. The molecule has 0 aliphatic heterocycles. The van der Waals surface area contributed by atoms with Crippen LogP contribution in [-0.4, -0.2) is 6.54 Å². The Labute approximate surface area is 131 Å². The number of nitrogens with one attached hydrogen (secondary N) is 1. The molecule has 4 heteroatoms. The molecule has 0 bridgehead atoms. The van der Waals surface area contributed by atoms with Gasteiger partial charge in [0.15, 0.2) is 0 Å². The van der Waals surface area contributed by atoms with Crippen molar-refractivity contribution in [3.05, 3.63) is 54.7 Å². The van der Waals surface area contributed by atoms with Gasteiger partial charge in [0.05, 0.1) is 5.02 Å². The quantitative estimate of drug-likeness (QED) is 0.715. The number of benzene rings is 1. The summed E-state index contributed by atoms with van der Waals surface area (Å²) in [4.78, 5) is 1.40. The molecule has 0 spiro atoms. The third kappa shape index (κ3) is 3.70. The molecule has 2 rings (SSSR count). The number of thiophene rings is 1. The van der Waals surface area contributed by atoms with Crippen molar-refractivity contribution in [2.45, 2.75) is 19.4 Å². The van der Waals surface area contributed by atoms with Gasteiger partial charge < -0.3 is 5.32 Å². The summed E-state index contributed by atoms with van der Waals surface area (Å²) in [5.74, 6) is 0. The molecule has 0 aliphatic rings. The summed E-state index contributed by atoms with van der Waals surface area (Å²) < 4.78 is 1.10. The summed E-state index contributed by atoms with van der Waals surface area (Å²) in [6, 6.07) is 10.9. The molecule has 2 aromatic rings. The minimum absolute atomic E-state index is 0.336. The van der Waals surface area contributed by atoms with Gasteiger partial charge in [-0.05, 0) is 58.3 Å². The molecule has 0 aliphatic carbocycles. The highest BCUT2D eigenvalue weighted by molar-refractivity contribution is 14.1. The van der Waals surface area contributed by atoms with Crippen LogP contribution in [0.2, 0.25) is 5.02 Å². The van der Waals surface area contributed by atoms with Crippen molar-refractivity contribution >= 4 is 45.5 Å². The summed E-state index contributed by atoms with van der Waals surface area (Å²) in [6.07, 6.45) is 1.02. The zero-order valence-electron chi connectivity index (χ0n) is 10.1. The molecular formula is C14H15ClINS. The van der Waals surface area contributed by atoms with Crippen LogP contribution in [-0.2, 0) is 6.42 Å². The van der Waals surface area contributed by atoms with Crippen molar-refractivity contribution in [1.29, 1.82) is 0 Å². The van der Waals surface area contributed by atoms with Gasteiger partial charge in [-0.1, -0.05) is 30.7 Å².